The highest BCUT2D eigenvalue weighted by Crippen LogP contribution is 2.42. The molecule has 9 aromatic carbocycles. The van der Waals surface area contributed by atoms with E-state index in [1.807, 2.05) is 125 Å². The van der Waals surface area contributed by atoms with Crippen molar-refractivity contribution < 1.29 is 129 Å². The zero-order valence-electron chi connectivity index (χ0n) is 74.1. The van der Waals surface area contributed by atoms with Crippen LogP contribution in [0.4, 0.5) is 0 Å². The molecule has 0 heterocycles. The highest BCUT2D eigenvalue weighted by molar-refractivity contribution is 5.71. The molecule has 0 saturated heterocycles. The van der Waals surface area contributed by atoms with E-state index in [1.54, 1.807) is 64.0 Å². The van der Waals surface area contributed by atoms with Crippen molar-refractivity contribution in [3.8, 4) is 62.9 Å². The first-order chi connectivity index (χ1) is 58.9. The molecule has 0 radical (unpaired) electrons. The molecule has 0 unspecified atom stereocenters. The number of aryl methyl sites for hydroxylation is 2. The number of aliphatic hydroxyl groups is 8. The standard InChI is InChI=1S/C23H32O6.C21H28O6.C20H26O6.C19H24O4.C14H22O4/c1-23(2,19-9-15(5-7-24)21(26)16(10-19)6-8-25)20-11-17(13-28-3)22(27)18(12-20)14-29-4;1-26-12-18-10-15(11-19(13-27-2)21(18)25)7-14-8-16(3-5-22)20(24)17(9-14)4-6-23;1-25-11-17-9-16(10-18(12-26-2)20(17)24)15-7-13(3-5-21)19(23)14(8-15)4-6-22;1-12-6-14(4-5-20)18(21)15(7-12)10-16-8-13(2)9-17(11-23-3)19(16)22;1-9-11(5-6-15)14(16)13(8-18-4)10(2)12(9)7-17-3/h9-12,24-27H,5-8,13-14H2,1-4H3;8-11,22-25H,3-7,12-13H2,1-2H3;7-10,21-24H,3-6,11-12H2,1-2H3;6-9,20-22H,4-5,10-11H2,1-3H3;15-16H,5-8H2,1-4H3. The van der Waals surface area contributed by atoms with Crippen molar-refractivity contribution in [2.75, 3.05) is 117 Å². The van der Waals surface area contributed by atoms with E-state index in [-0.39, 0.29) is 144 Å². The summed E-state index contributed by atoms with van der Waals surface area (Å²) in [4.78, 5) is 0. The Labute approximate surface area is 723 Å². The molecule has 0 aliphatic heterocycles. The van der Waals surface area contributed by atoms with Crippen LogP contribution in [-0.4, -0.2) is 204 Å². The molecular formula is C97H132O26. The SMILES string of the molecule is COCc1c(C)c(CCO)c(O)c(COC)c1C.COCc1cc(-c2cc(CCO)c(O)c(CCO)c2)cc(COC)c1O.COCc1cc(C(C)(C)c2cc(CCO)c(O)c(CCO)c2)cc(COC)c1O.COCc1cc(C)cc(Cc2cc(C)cc(CCO)c2O)c1O.COCc1cc(Cc2cc(CCO)c(O)c(CCO)c2)cc(COC)c1O. The second-order valence-electron chi connectivity index (χ2n) is 30.7. The molecule has 0 atom stereocenters. The second kappa shape index (κ2) is 53.0. The molecule has 0 aromatic heterocycles. The number of benzene rings is 9. The van der Waals surface area contributed by atoms with Gasteiger partial charge >= 0.3 is 0 Å². The van der Waals surface area contributed by atoms with Crippen LogP contribution in [0.1, 0.15) is 164 Å². The molecule has 0 saturated carbocycles. The van der Waals surface area contributed by atoms with Crippen LogP contribution in [0.5, 0.6) is 51.7 Å². The number of rotatable bonds is 41. The lowest BCUT2D eigenvalue weighted by Gasteiger charge is -2.29. The summed E-state index contributed by atoms with van der Waals surface area (Å²) in [6.45, 7) is 14.3. The summed E-state index contributed by atoms with van der Waals surface area (Å²) in [6, 6.07) is 30.0. The van der Waals surface area contributed by atoms with Gasteiger partial charge in [0.2, 0.25) is 0 Å². The Morgan fingerprint density at radius 3 is 0.756 bits per heavy atom. The fourth-order valence-electron chi connectivity index (χ4n) is 15.0. The molecule has 9 rings (SSSR count). The summed E-state index contributed by atoms with van der Waals surface area (Å²) in [7, 11) is 14.3. The van der Waals surface area contributed by atoms with Gasteiger partial charge in [0.1, 0.15) is 51.7 Å². The molecule has 0 aliphatic rings. The maximum absolute atomic E-state index is 10.5. The first-order valence-corrected chi connectivity index (χ1v) is 40.7. The van der Waals surface area contributed by atoms with E-state index < -0.39 is 5.41 Å². The Balaban J connectivity index is 0.000000275. The Kier molecular flexibility index (Phi) is 44.8. The average molecular weight is 1710 g/mol. The van der Waals surface area contributed by atoms with E-state index in [1.165, 1.54) is 0 Å². The van der Waals surface area contributed by atoms with Gasteiger partial charge in [0.05, 0.1) is 59.5 Å². The van der Waals surface area contributed by atoms with E-state index in [4.69, 9.17) is 52.8 Å². The van der Waals surface area contributed by atoms with Crippen LogP contribution < -0.4 is 0 Å². The number of phenolic OH excluding ortho intramolecular Hbond substituents is 9. The number of phenols is 9. The molecule has 26 nitrogen and oxygen atoms in total. The Morgan fingerprint density at radius 1 is 0.220 bits per heavy atom. The van der Waals surface area contributed by atoms with Gasteiger partial charge in [-0.2, -0.15) is 0 Å². The highest BCUT2D eigenvalue weighted by Gasteiger charge is 2.29. The van der Waals surface area contributed by atoms with Crippen LogP contribution in [-0.2, 0) is 172 Å². The Bertz CT molecular complexity index is 4300. The maximum atomic E-state index is 10.5. The number of aromatic hydroxyl groups is 9. The molecule has 17 N–H and O–H groups in total. The van der Waals surface area contributed by atoms with E-state index in [0.717, 1.165) is 94.6 Å². The summed E-state index contributed by atoms with van der Waals surface area (Å²) in [5.41, 5.74) is 22.5. The van der Waals surface area contributed by atoms with Gasteiger partial charge < -0.3 is 129 Å². The molecule has 26 heteroatoms. The van der Waals surface area contributed by atoms with Crippen LogP contribution >= 0.6 is 0 Å². The quantitative estimate of drug-likeness (QED) is 0.0169. The number of ether oxygens (including phenoxy) is 9. The maximum Gasteiger partial charge on any atom is 0.126 e. The minimum absolute atomic E-state index is 0.00979. The second-order valence-corrected chi connectivity index (χ2v) is 30.7. The molecule has 0 fully saturated rings. The van der Waals surface area contributed by atoms with Gasteiger partial charge in [-0.3, -0.25) is 0 Å². The number of methoxy groups -OCH3 is 9. The smallest absolute Gasteiger partial charge is 0.126 e. The minimum Gasteiger partial charge on any atom is -0.507 e. The lowest BCUT2D eigenvalue weighted by Crippen LogP contribution is -2.21. The summed E-state index contributed by atoms with van der Waals surface area (Å²) in [5, 5.41) is 168. The average Bonchev–Trinajstić information content (AvgIpc) is 0.753. The predicted octanol–water partition coefficient (Wildman–Crippen LogP) is 11.8. The van der Waals surface area contributed by atoms with Gasteiger partial charge in [-0.1, -0.05) is 73.5 Å². The van der Waals surface area contributed by atoms with Crippen molar-refractivity contribution in [1.29, 1.82) is 0 Å². The molecule has 0 amide bonds. The number of hydrogen-bond donors (Lipinski definition) is 17. The first-order valence-electron chi connectivity index (χ1n) is 40.7. The van der Waals surface area contributed by atoms with Crippen LogP contribution in [0.15, 0.2) is 97.1 Å². The molecule has 123 heavy (non-hydrogen) atoms. The predicted molar refractivity (Wildman–Crippen MR) is 471 cm³/mol. The van der Waals surface area contributed by atoms with Gasteiger partial charge in [-0.05, 0) is 240 Å². The van der Waals surface area contributed by atoms with Crippen LogP contribution in [0.2, 0.25) is 0 Å². The normalized spacial score (nSPS) is 11.2. The minimum atomic E-state index is -0.471. The van der Waals surface area contributed by atoms with Crippen molar-refractivity contribution in [2.45, 2.75) is 171 Å². The lowest BCUT2D eigenvalue weighted by atomic mass is 9.75. The summed E-state index contributed by atoms with van der Waals surface area (Å²) in [5.74, 6) is 1.48. The number of hydrogen-bond acceptors (Lipinski definition) is 26. The van der Waals surface area contributed by atoms with Crippen LogP contribution in [0.3, 0.4) is 0 Å². The molecule has 676 valence electrons. The fourth-order valence-corrected chi connectivity index (χ4v) is 15.0. The van der Waals surface area contributed by atoms with Crippen molar-refractivity contribution in [3.05, 3.63) is 247 Å². The summed E-state index contributed by atoms with van der Waals surface area (Å²) < 4.78 is 46.6. The molecule has 0 bridgehead atoms. The molecule has 9 aromatic rings. The van der Waals surface area contributed by atoms with Crippen molar-refractivity contribution in [1.82, 2.24) is 0 Å². The molecule has 0 aliphatic carbocycles. The van der Waals surface area contributed by atoms with Crippen molar-refractivity contribution in [3.63, 3.8) is 0 Å². The summed E-state index contributed by atoms with van der Waals surface area (Å²) in [6.07, 6.45) is 3.82. The Hall–Kier alpha value is -9.50. The van der Waals surface area contributed by atoms with E-state index in [0.29, 0.717) is 151 Å². The monoisotopic (exact) mass is 1710 g/mol. The van der Waals surface area contributed by atoms with Gasteiger partial charge in [-0.15, -0.1) is 0 Å². The van der Waals surface area contributed by atoms with Gasteiger partial charge in [0, 0.05) is 173 Å². The van der Waals surface area contributed by atoms with Crippen molar-refractivity contribution >= 4 is 0 Å². The third-order valence-corrected chi connectivity index (χ3v) is 21.2. The molecular weight excluding hydrogens is 1580 g/mol. The van der Waals surface area contributed by atoms with Crippen LogP contribution in [0.25, 0.3) is 11.1 Å². The van der Waals surface area contributed by atoms with Crippen LogP contribution in [0, 0.1) is 27.7 Å². The third kappa shape index (κ3) is 29.0. The fraction of sp³-hybridized carbons (Fsp3) is 0.443. The highest BCUT2D eigenvalue weighted by atomic mass is 16.5. The largest absolute Gasteiger partial charge is 0.507 e. The zero-order chi connectivity index (χ0) is 91.2. The Morgan fingerprint density at radius 2 is 0.431 bits per heavy atom. The zero-order valence-corrected chi connectivity index (χ0v) is 74.1. The number of aliphatic hydroxyl groups excluding tert-OH is 8. The topological polar surface area (TPSA) is 427 Å². The van der Waals surface area contributed by atoms with Gasteiger partial charge in [0.25, 0.3) is 0 Å². The van der Waals surface area contributed by atoms with E-state index in [9.17, 15) is 76.6 Å². The summed E-state index contributed by atoms with van der Waals surface area (Å²) >= 11 is 0. The van der Waals surface area contributed by atoms with E-state index >= 15 is 0 Å². The van der Waals surface area contributed by atoms with Gasteiger partial charge in [0.15, 0.2) is 0 Å². The van der Waals surface area contributed by atoms with Crippen molar-refractivity contribution in [2.24, 2.45) is 0 Å². The van der Waals surface area contributed by atoms with Gasteiger partial charge in [-0.25, -0.2) is 0 Å². The lowest BCUT2D eigenvalue weighted by molar-refractivity contribution is 0.174. The molecule has 0 spiro atoms. The third-order valence-electron chi connectivity index (χ3n) is 21.2. The first kappa shape index (κ1) is 104. The van der Waals surface area contributed by atoms with E-state index in [2.05, 4.69) is 13.8 Å².